The van der Waals surface area contributed by atoms with Gasteiger partial charge in [0.2, 0.25) is 11.9 Å². The lowest BCUT2D eigenvalue weighted by Crippen LogP contribution is -2.33. The number of aliphatic hydroxyl groups is 2. The average Bonchev–Trinajstić information content (AvgIpc) is 3.33. The van der Waals surface area contributed by atoms with Gasteiger partial charge in [-0.25, -0.2) is 18.9 Å². The Balaban J connectivity index is 1.55. The molecular formula is C13H17N8O7P. The molecule has 1 unspecified atom stereocenters. The van der Waals surface area contributed by atoms with Crippen LogP contribution in [-0.4, -0.2) is 68.9 Å². The number of nitrogens with two attached hydrogens (primary N) is 2. The van der Waals surface area contributed by atoms with E-state index in [1.54, 1.807) is 0 Å². The fourth-order valence-electron chi connectivity index (χ4n) is 2.98. The van der Waals surface area contributed by atoms with Gasteiger partial charge in [-0.1, -0.05) is 0 Å². The Bertz CT molecular complexity index is 1160. The van der Waals surface area contributed by atoms with Crippen LogP contribution in [0, 0.1) is 0 Å². The van der Waals surface area contributed by atoms with Crippen LogP contribution in [0.2, 0.25) is 0 Å². The summed E-state index contributed by atoms with van der Waals surface area (Å²) in [6.07, 6.45) is -1.76. The fourth-order valence-corrected chi connectivity index (χ4v) is 3.99. The number of fused-ring (bicyclic) bond motifs is 1. The van der Waals surface area contributed by atoms with Crippen molar-refractivity contribution in [3.05, 3.63) is 29.1 Å². The van der Waals surface area contributed by atoms with Gasteiger partial charge in [0.15, 0.2) is 17.4 Å². The van der Waals surface area contributed by atoms with E-state index in [1.165, 1.54) is 17.1 Å². The molecule has 0 aliphatic carbocycles. The third kappa shape index (κ3) is 3.29. The maximum atomic E-state index is 12.3. The van der Waals surface area contributed by atoms with Crippen molar-refractivity contribution >= 4 is 30.8 Å². The number of rotatable bonds is 5. The summed E-state index contributed by atoms with van der Waals surface area (Å²) in [6, 6.07) is 0. The smallest absolute Gasteiger partial charge is 0.387 e. The highest BCUT2D eigenvalue weighted by Gasteiger charge is 2.45. The molecule has 1 fully saturated rings. The number of hydrogen-bond donors (Lipinski definition) is 6. The van der Waals surface area contributed by atoms with Gasteiger partial charge in [-0.05, 0) is 0 Å². The van der Waals surface area contributed by atoms with Gasteiger partial charge in [0.25, 0.3) is 5.56 Å². The van der Waals surface area contributed by atoms with Gasteiger partial charge in [0.05, 0.1) is 12.9 Å². The van der Waals surface area contributed by atoms with Crippen LogP contribution in [0.3, 0.4) is 0 Å². The SMILES string of the molecule is Nc1nc2c(ncn2[C@@H]2O[C@H](COP(=O)(O)n3ccnc3N)[C@@H](O)[C@H]2O)c(=O)[nH]1. The third-order valence-corrected chi connectivity index (χ3v) is 5.76. The first kappa shape index (κ1) is 19.5. The number of imidazole rings is 2. The van der Waals surface area contributed by atoms with Crippen LogP contribution < -0.4 is 17.0 Å². The normalized spacial score (nSPS) is 26.7. The van der Waals surface area contributed by atoms with Crippen LogP contribution in [0.25, 0.3) is 11.2 Å². The molecule has 0 aromatic carbocycles. The molecule has 29 heavy (non-hydrogen) atoms. The van der Waals surface area contributed by atoms with Crippen molar-refractivity contribution < 1.29 is 28.9 Å². The van der Waals surface area contributed by atoms with E-state index in [1.807, 2.05) is 0 Å². The molecule has 15 nitrogen and oxygen atoms in total. The Morgan fingerprint density at radius 2 is 2.07 bits per heavy atom. The molecule has 1 aliphatic heterocycles. The highest BCUT2D eigenvalue weighted by Crippen LogP contribution is 2.46. The number of nitrogen functional groups attached to an aromatic ring is 2. The molecular weight excluding hydrogens is 411 g/mol. The minimum Gasteiger partial charge on any atom is -0.387 e. The molecule has 0 spiro atoms. The summed E-state index contributed by atoms with van der Waals surface area (Å²) in [5.41, 5.74) is 10.4. The minimum atomic E-state index is -4.40. The van der Waals surface area contributed by atoms with Gasteiger partial charge in [-0.2, -0.15) is 4.98 Å². The van der Waals surface area contributed by atoms with Gasteiger partial charge in [-0.3, -0.25) is 18.9 Å². The van der Waals surface area contributed by atoms with Crippen molar-refractivity contribution in [3.8, 4) is 0 Å². The molecule has 3 aromatic heterocycles. The molecule has 4 heterocycles. The van der Waals surface area contributed by atoms with Gasteiger partial charge in [0.1, 0.15) is 18.3 Å². The number of nitrogens with one attached hydrogen (secondary N) is 1. The molecule has 3 aromatic rings. The monoisotopic (exact) mass is 428 g/mol. The number of anilines is 2. The Morgan fingerprint density at radius 3 is 2.76 bits per heavy atom. The predicted molar refractivity (Wildman–Crippen MR) is 96.3 cm³/mol. The van der Waals surface area contributed by atoms with Crippen LogP contribution in [0.4, 0.5) is 11.9 Å². The second-order valence-electron chi connectivity index (χ2n) is 6.24. The Hall–Kier alpha value is -2.81. The number of H-pyrrole nitrogens is 1. The highest BCUT2D eigenvalue weighted by atomic mass is 31.2. The van der Waals surface area contributed by atoms with Crippen LogP contribution in [0.1, 0.15) is 6.23 Å². The first-order valence-electron chi connectivity index (χ1n) is 8.20. The number of aliphatic hydroxyl groups excluding tert-OH is 2. The zero-order valence-corrected chi connectivity index (χ0v) is 15.5. The molecule has 0 amide bonds. The lowest BCUT2D eigenvalue weighted by molar-refractivity contribution is -0.0487. The molecule has 1 aliphatic rings. The zero-order valence-electron chi connectivity index (χ0n) is 14.6. The quantitative estimate of drug-likeness (QED) is 0.237. The fraction of sp³-hybridized carbons (Fsp3) is 0.385. The molecule has 0 bridgehead atoms. The van der Waals surface area contributed by atoms with Crippen LogP contribution in [0.5, 0.6) is 0 Å². The Labute approximate surface area is 161 Å². The van der Waals surface area contributed by atoms with Crippen molar-refractivity contribution in [1.29, 1.82) is 0 Å². The van der Waals surface area contributed by atoms with E-state index in [2.05, 4.69) is 19.9 Å². The van der Waals surface area contributed by atoms with E-state index in [-0.39, 0.29) is 23.1 Å². The minimum absolute atomic E-state index is 0.0306. The van der Waals surface area contributed by atoms with Gasteiger partial charge >= 0.3 is 7.75 Å². The van der Waals surface area contributed by atoms with Crippen LogP contribution in [-0.2, 0) is 13.8 Å². The Kier molecular flexibility index (Phi) is 4.65. The predicted octanol–water partition coefficient (Wildman–Crippen LogP) is -2.23. The summed E-state index contributed by atoms with van der Waals surface area (Å²) in [5.74, 6) is -0.406. The maximum absolute atomic E-state index is 12.3. The number of ether oxygens (including phenoxy) is 1. The maximum Gasteiger partial charge on any atom is 0.439 e. The number of aromatic nitrogens is 6. The van der Waals surface area contributed by atoms with Gasteiger partial charge in [-0.15, -0.1) is 0 Å². The molecule has 16 heteroatoms. The summed E-state index contributed by atoms with van der Waals surface area (Å²) in [7, 11) is -4.40. The van der Waals surface area contributed by atoms with Crippen molar-refractivity contribution in [3.63, 3.8) is 0 Å². The lowest BCUT2D eigenvalue weighted by Gasteiger charge is -2.18. The average molecular weight is 428 g/mol. The Morgan fingerprint density at radius 1 is 1.31 bits per heavy atom. The number of nitrogens with zero attached hydrogens (tertiary/aromatic N) is 5. The van der Waals surface area contributed by atoms with E-state index >= 15 is 0 Å². The third-order valence-electron chi connectivity index (χ3n) is 4.39. The van der Waals surface area contributed by atoms with Crippen LogP contribution in [0.15, 0.2) is 23.5 Å². The first-order valence-corrected chi connectivity index (χ1v) is 9.73. The largest absolute Gasteiger partial charge is 0.439 e. The lowest BCUT2D eigenvalue weighted by atomic mass is 10.1. The molecule has 4 rings (SSSR count). The van der Waals surface area contributed by atoms with E-state index in [0.29, 0.717) is 0 Å². The molecule has 0 radical (unpaired) electrons. The van der Waals surface area contributed by atoms with Gasteiger partial charge in [0, 0.05) is 12.4 Å². The van der Waals surface area contributed by atoms with Crippen molar-refractivity contribution in [2.24, 2.45) is 0 Å². The van der Waals surface area contributed by atoms with Crippen molar-refractivity contribution in [2.75, 3.05) is 18.1 Å². The second-order valence-corrected chi connectivity index (χ2v) is 7.91. The summed E-state index contributed by atoms with van der Waals surface area (Å²) < 4.78 is 24.8. The first-order chi connectivity index (χ1) is 13.7. The summed E-state index contributed by atoms with van der Waals surface area (Å²) >= 11 is 0. The standard InChI is InChI=1S/C13H17N8O7P/c14-12-18-9-6(10(24)19-12)17-4-20(9)11-8(23)7(22)5(28-11)3-27-29(25,26)21-2-1-16-13(21)15/h1-2,4-5,7-8,11,22-23H,3H2,(H2,15,16)(H,25,26)(H3,14,18,19,24)/t5-,7-,8-,11-/m1/s1. The summed E-state index contributed by atoms with van der Waals surface area (Å²) in [5, 5.41) is 20.6. The second kappa shape index (κ2) is 6.91. The van der Waals surface area contributed by atoms with E-state index in [4.69, 9.17) is 20.7 Å². The summed E-state index contributed by atoms with van der Waals surface area (Å²) in [6.45, 7) is -0.553. The topological polar surface area (TPSA) is 230 Å². The summed E-state index contributed by atoms with van der Waals surface area (Å²) in [4.78, 5) is 35.7. The zero-order chi connectivity index (χ0) is 20.9. The van der Waals surface area contributed by atoms with Crippen molar-refractivity contribution in [2.45, 2.75) is 24.5 Å². The van der Waals surface area contributed by atoms with E-state index in [0.717, 1.165) is 10.5 Å². The molecule has 5 atom stereocenters. The molecule has 1 saturated heterocycles. The molecule has 8 N–H and O–H groups in total. The number of hydrogen-bond acceptors (Lipinski definition) is 11. The van der Waals surface area contributed by atoms with Gasteiger partial charge < -0.3 is 31.3 Å². The van der Waals surface area contributed by atoms with E-state index < -0.39 is 44.5 Å². The van der Waals surface area contributed by atoms with E-state index in [9.17, 15) is 24.5 Å². The van der Waals surface area contributed by atoms with Crippen molar-refractivity contribution in [1.82, 2.24) is 28.8 Å². The molecule has 0 saturated carbocycles. The molecule has 156 valence electrons. The highest BCUT2D eigenvalue weighted by molar-refractivity contribution is 7.51. The number of aromatic amines is 1. The van der Waals surface area contributed by atoms with Crippen LogP contribution >= 0.6 is 7.75 Å².